The highest BCUT2D eigenvalue weighted by atomic mass is 35.5. The minimum Gasteiger partial charge on any atom is -0.467 e. The van der Waals surface area contributed by atoms with Crippen LogP contribution in [0.2, 0.25) is 0 Å². The van der Waals surface area contributed by atoms with Crippen LogP contribution < -0.4 is 16.0 Å². The molecule has 2 aromatic rings. The average Bonchev–Trinajstić information content (AvgIpc) is 3.29. The van der Waals surface area contributed by atoms with Gasteiger partial charge in [-0.25, -0.2) is 0 Å². The Morgan fingerprint density at radius 3 is 2.47 bits per heavy atom. The third-order valence-corrected chi connectivity index (χ3v) is 6.20. The Morgan fingerprint density at radius 2 is 1.73 bits per heavy atom. The molecule has 0 saturated heterocycles. The van der Waals surface area contributed by atoms with Crippen molar-refractivity contribution in [2.45, 2.75) is 51.2 Å². The Balaban J connectivity index is 0.00000256. The molecule has 2 aliphatic rings. The predicted octanol–water partition coefficient (Wildman–Crippen LogP) is 2.95. The van der Waals surface area contributed by atoms with E-state index >= 15 is 0 Å². The topological polar surface area (TPSA) is 83.4 Å². The van der Waals surface area contributed by atoms with Gasteiger partial charge in [0.2, 0.25) is 11.8 Å². The second-order valence-electron chi connectivity index (χ2n) is 8.17. The summed E-state index contributed by atoms with van der Waals surface area (Å²) in [6, 6.07) is 11.8. The van der Waals surface area contributed by atoms with E-state index < -0.39 is 0 Å². The van der Waals surface area contributed by atoms with Gasteiger partial charge in [-0.3, -0.25) is 9.59 Å². The molecule has 1 aliphatic heterocycles. The monoisotopic (exact) mass is 431 g/mol. The Bertz CT molecular complexity index is 832. The SMILES string of the molecule is Cl.O=C(NCc1ccco1)C1CCC(CNC(=O)[C@@H]2Cc3ccccc3CN2)CC1. The third-order valence-electron chi connectivity index (χ3n) is 6.20. The molecular weight excluding hydrogens is 402 g/mol. The Kier molecular flexibility index (Phi) is 7.94. The number of halogens is 1. The summed E-state index contributed by atoms with van der Waals surface area (Å²) in [5.41, 5.74) is 2.53. The molecule has 30 heavy (non-hydrogen) atoms. The van der Waals surface area contributed by atoms with Crippen LogP contribution in [0, 0.1) is 11.8 Å². The molecule has 6 nitrogen and oxygen atoms in total. The minimum atomic E-state index is -0.159. The summed E-state index contributed by atoms with van der Waals surface area (Å²) in [6.45, 7) is 1.88. The lowest BCUT2D eigenvalue weighted by Gasteiger charge is -2.29. The summed E-state index contributed by atoms with van der Waals surface area (Å²) in [4.78, 5) is 24.9. The van der Waals surface area contributed by atoms with Crippen molar-refractivity contribution in [3.63, 3.8) is 0 Å². The number of hydrogen-bond donors (Lipinski definition) is 3. The molecule has 162 valence electrons. The molecule has 2 amide bonds. The predicted molar refractivity (Wildman–Crippen MR) is 117 cm³/mol. The van der Waals surface area contributed by atoms with Crippen molar-refractivity contribution in [3.8, 4) is 0 Å². The van der Waals surface area contributed by atoms with Crippen LogP contribution in [0.15, 0.2) is 47.1 Å². The van der Waals surface area contributed by atoms with Gasteiger partial charge >= 0.3 is 0 Å². The molecule has 1 aromatic heterocycles. The number of benzene rings is 1. The fourth-order valence-electron chi connectivity index (χ4n) is 4.37. The van der Waals surface area contributed by atoms with Crippen LogP contribution >= 0.6 is 12.4 Å². The van der Waals surface area contributed by atoms with Gasteiger partial charge in [0.1, 0.15) is 5.76 Å². The van der Waals surface area contributed by atoms with Crippen molar-refractivity contribution < 1.29 is 14.0 Å². The molecule has 1 saturated carbocycles. The Labute approximate surface area is 183 Å². The third kappa shape index (κ3) is 5.64. The number of hydrogen-bond acceptors (Lipinski definition) is 4. The molecule has 1 aliphatic carbocycles. The minimum absolute atomic E-state index is 0. The summed E-state index contributed by atoms with van der Waals surface area (Å²) in [6.07, 6.45) is 6.05. The smallest absolute Gasteiger partial charge is 0.237 e. The van der Waals surface area contributed by atoms with Gasteiger partial charge in [-0.2, -0.15) is 0 Å². The van der Waals surface area contributed by atoms with Crippen molar-refractivity contribution in [2.24, 2.45) is 11.8 Å². The molecule has 0 spiro atoms. The number of amides is 2. The zero-order chi connectivity index (χ0) is 20.1. The van der Waals surface area contributed by atoms with E-state index in [2.05, 4.69) is 28.1 Å². The lowest BCUT2D eigenvalue weighted by molar-refractivity contribution is -0.127. The summed E-state index contributed by atoms with van der Waals surface area (Å²) >= 11 is 0. The van der Waals surface area contributed by atoms with E-state index in [1.54, 1.807) is 6.26 Å². The molecule has 0 bridgehead atoms. The molecule has 1 fully saturated rings. The zero-order valence-corrected chi connectivity index (χ0v) is 17.9. The molecule has 0 radical (unpaired) electrons. The van der Waals surface area contributed by atoms with Crippen molar-refractivity contribution in [1.82, 2.24) is 16.0 Å². The maximum absolute atomic E-state index is 12.6. The van der Waals surface area contributed by atoms with E-state index in [0.717, 1.165) is 44.4 Å². The van der Waals surface area contributed by atoms with Crippen LogP contribution in [0.1, 0.15) is 42.6 Å². The summed E-state index contributed by atoms with van der Waals surface area (Å²) < 4.78 is 5.25. The van der Waals surface area contributed by atoms with Gasteiger partial charge < -0.3 is 20.4 Å². The van der Waals surface area contributed by atoms with E-state index in [9.17, 15) is 9.59 Å². The molecule has 4 rings (SSSR count). The van der Waals surface area contributed by atoms with Gasteiger partial charge in [0.05, 0.1) is 18.8 Å². The highest BCUT2D eigenvalue weighted by Gasteiger charge is 2.28. The first kappa shape index (κ1) is 22.4. The number of furan rings is 1. The van der Waals surface area contributed by atoms with Gasteiger partial charge in [-0.05, 0) is 61.3 Å². The van der Waals surface area contributed by atoms with Crippen molar-refractivity contribution in [3.05, 3.63) is 59.5 Å². The van der Waals surface area contributed by atoms with Crippen LogP contribution in [-0.2, 0) is 29.1 Å². The van der Waals surface area contributed by atoms with E-state index in [1.165, 1.54) is 11.1 Å². The Morgan fingerprint density at radius 1 is 0.967 bits per heavy atom. The van der Waals surface area contributed by atoms with Crippen LogP contribution in [0.3, 0.4) is 0 Å². The van der Waals surface area contributed by atoms with Gasteiger partial charge in [-0.1, -0.05) is 24.3 Å². The summed E-state index contributed by atoms with van der Waals surface area (Å²) in [5, 5.41) is 9.42. The highest BCUT2D eigenvalue weighted by molar-refractivity contribution is 5.85. The Hall–Kier alpha value is -2.31. The molecule has 1 aromatic carbocycles. The van der Waals surface area contributed by atoms with Gasteiger partial charge in [0, 0.05) is 19.0 Å². The van der Waals surface area contributed by atoms with Gasteiger partial charge in [0.15, 0.2) is 0 Å². The first-order valence-electron chi connectivity index (χ1n) is 10.6. The summed E-state index contributed by atoms with van der Waals surface area (Å²) in [5.74, 6) is 1.47. The van der Waals surface area contributed by atoms with Crippen molar-refractivity contribution in [2.75, 3.05) is 6.54 Å². The zero-order valence-electron chi connectivity index (χ0n) is 17.1. The van der Waals surface area contributed by atoms with Crippen molar-refractivity contribution >= 4 is 24.2 Å². The molecular formula is C23H30ClN3O3. The lowest BCUT2D eigenvalue weighted by Crippen LogP contribution is -2.48. The molecule has 1 atom stereocenters. The number of carbonyl (C=O) groups excluding carboxylic acids is 2. The van der Waals surface area contributed by atoms with E-state index in [0.29, 0.717) is 19.0 Å². The largest absolute Gasteiger partial charge is 0.467 e. The molecule has 2 heterocycles. The first-order chi connectivity index (χ1) is 14.2. The van der Waals surface area contributed by atoms with Crippen LogP contribution in [-0.4, -0.2) is 24.4 Å². The number of rotatable bonds is 6. The first-order valence-corrected chi connectivity index (χ1v) is 10.6. The molecule has 3 N–H and O–H groups in total. The van der Waals surface area contributed by atoms with Crippen LogP contribution in [0.5, 0.6) is 0 Å². The maximum atomic E-state index is 12.6. The summed E-state index contributed by atoms with van der Waals surface area (Å²) in [7, 11) is 0. The van der Waals surface area contributed by atoms with Crippen LogP contribution in [0.4, 0.5) is 0 Å². The van der Waals surface area contributed by atoms with E-state index in [4.69, 9.17) is 4.42 Å². The fraction of sp³-hybridized carbons (Fsp3) is 0.478. The standard InChI is InChI=1S/C23H29N3O3.ClH/c27-22(26-15-20-6-3-11-29-20)17-9-7-16(8-10-17)13-25-23(28)21-12-18-4-1-2-5-19(18)14-24-21;/h1-6,11,16-17,21,24H,7-10,12-15H2,(H,25,28)(H,26,27);1H/t16?,17?,21-;/m0./s1. The van der Waals surface area contributed by atoms with Crippen molar-refractivity contribution in [1.29, 1.82) is 0 Å². The molecule has 7 heteroatoms. The number of carbonyl (C=O) groups is 2. The molecule has 0 unspecified atom stereocenters. The number of nitrogens with one attached hydrogen (secondary N) is 3. The van der Waals surface area contributed by atoms with E-state index in [1.807, 2.05) is 24.3 Å². The lowest BCUT2D eigenvalue weighted by atomic mass is 9.81. The maximum Gasteiger partial charge on any atom is 0.237 e. The fourth-order valence-corrected chi connectivity index (χ4v) is 4.37. The second kappa shape index (κ2) is 10.6. The normalized spacial score (nSPS) is 23.0. The van der Waals surface area contributed by atoms with Gasteiger partial charge in [0.25, 0.3) is 0 Å². The van der Waals surface area contributed by atoms with Gasteiger partial charge in [-0.15, -0.1) is 12.4 Å². The van der Waals surface area contributed by atoms with Crippen LogP contribution in [0.25, 0.3) is 0 Å². The average molecular weight is 432 g/mol. The number of fused-ring (bicyclic) bond motifs is 1. The highest BCUT2D eigenvalue weighted by Crippen LogP contribution is 2.28. The quantitative estimate of drug-likeness (QED) is 0.656. The van der Waals surface area contributed by atoms with E-state index in [-0.39, 0.29) is 36.2 Å². The second-order valence-corrected chi connectivity index (χ2v) is 8.17.